The summed E-state index contributed by atoms with van der Waals surface area (Å²) in [6, 6.07) is 24.9. The third-order valence-electron chi connectivity index (χ3n) is 16.2. The van der Waals surface area contributed by atoms with Crippen molar-refractivity contribution in [3.8, 4) is 55.6 Å². The number of rotatable bonds is 8. The molecule has 0 atom stereocenters. The van der Waals surface area contributed by atoms with Crippen molar-refractivity contribution in [1.29, 1.82) is 0 Å². The normalized spacial score (nSPS) is 11.5. The van der Waals surface area contributed by atoms with E-state index in [1.807, 2.05) is 66.7 Å². The van der Waals surface area contributed by atoms with Crippen LogP contribution in [0.5, 0.6) is 0 Å². The van der Waals surface area contributed by atoms with Crippen molar-refractivity contribution in [2.75, 3.05) is 4.90 Å². The first-order chi connectivity index (χ1) is 40.6. The van der Waals surface area contributed by atoms with E-state index >= 15 is 0 Å². The molecule has 0 spiro atoms. The lowest BCUT2D eigenvalue weighted by Gasteiger charge is -2.38. The molecule has 0 amide bonds. The van der Waals surface area contributed by atoms with Crippen LogP contribution in [-0.2, 0) is 0 Å². The first-order valence-electron chi connectivity index (χ1n) is 25.9. The Hall–Kier alpha value is -6.25. The Morgan fingerprint density at radius 3 is 0.942 bits per heavy atom. The van der Waals surface area contributed by atoms with Crippen LogP contribution < -0.4 is 147 Å². The zero-order valence-electron chi connectivity index (χ0n) is 45.9. The molecule has 0 unspecified atom stereocenters. The maximum Gasteiger partial charge on any atom is 0.143 e. The Bertz CT molecular complexity index is 4480. The molecule has 1 heterocycles. The summed E-state index contributed by atoms with van der Waals surface area (Å²) in [6.45, 7) is 0. The van der Waals surface area contributed by atoms with Crippen molar-refractivity contribution >= 4 is 396 Å². The van der Waals surface area contributed by atoms with Crippen LogP contribution in [0.25, 0.3) is 88.3 Å². The van der Waals surface area contributed by atoms with E-state index in [0.29, 0.717) is 22.4 Å². The second kappa shape index (κ2) is 22.4. The lowest BCUT2D eigenvalue weighted by atomic mass is 9.54. The van der Waals surface area contributed by atoms with E-state index in [9.17, 15) is 0 Å². The fourth-order valence-electron chi connectivity index (χ4n) is 11.6. The summed E-state index contributed by atoms with van der Waals surface area (Å²) < 4.78 is 6.57. The third kappa shape index (κ3) is 8.99. The molecule has 0 bridgehead atoms. The van der Waals surface area contributed by atoms with E-state index < -0.39 is 0 Å². The fourth-order valence-corrected chi connectivity index (χ4v) is 11.6. The first kappa shape index (κ1) is 61.4. The van der Waals surface area contributed by atoms with E-state index in [1.54, 1.807) is 12.1 Å². The molecule has 11 rings (SSSR count). The average molecular weight is 1020 g/mol. The van der Waals surface area contributed by atoms with Crippen LogP contribution in [0.1, 0.15) is 0 Å². The Morgan fingerprint density at radius 1 is 0.256 bits per heavy atom. The predicted octanol–water partition coefficient (Wildman–Crippen LogP) is -14.8. The molecule has 86 heavy (non-hydrogen) atoms. The van der Waals surface area contributed by atoms with Crippen molar-refractivity contribution in [3.05, 3.63) is 78.9 Å². The molecular formula is C58H13B26NO. The van der Waals surface area contributed by atoms with E-state index in [-0.39, 0.29) is 198 Å². The van der Waals surface area contributed by atoms with Gasteiger partial charge in [0.15, 0.2) is 0 Å². The molecule has 0 aliphatic carbocycles. The largest absolute Gasteiger partial charge is 0.455 e. The monoisotopic (exact) mass is 1030 g/mol. The van der Waals surface area contributed by atoms with Crippen LogP contribution >= 0.6 is 0 Å². The van der Waals surface area contributed by atoms with Gasteiger partial charge in [-0.2, -0.15) is 0 Å². The van der Waals surface area contributed by atoms with Crippen molar-refractivity contribution in [2.45, 2.75) is 0 Å². The van der Waals surface area contributed by atoms with Crippen molar-refractivity contribution in [3.63, 3.8) is 0 Å². The van der Waals surface area contributed by atoms with Crippen molar-refractivity contribution in [1.82, 2.24) is 0 Å². The van der Waals surface area contributed by atoms with Crippen LogP contribution in [0.2, 0.25) is 0 Å². The summed E-state index contributed by atoms with van der Waals surface area (Å²) in [5, 5.41) is 3.59. The summed E-state index contributed by atoms with van der Waals surface area (Å²) in [5.41, 5.74) is -1.62. The molecule has 2 nitrogen and oxygen atoms in total. The van der Waals surface area contributed by atoms with Gasteiger partial charge in [-0.25, -0.2) is 0 Å². The summed E-state index contributed by atoms with van der Waals surface area (Å²) >= 11 is 0. The van der Waals surface area contributed by atoms with Gasteiger partial charge in [-0.05, 0) is 85.3 Å². The van der Waals surface area contributed by atoms with Crippen molar-refractivity contribution < 1.29 is 4.42 Å². The predicted molar refractivity (Wildman–Crippen MR) is 393 cm³/mol. The highest BCUT2D eigenvalue weighted by Gasteiger charge is 2.30. The number of furan rings is 1. The molecule has 0 aliphatic rings. The lowest BCUT2D eigenvalue weighted by Crippen LogP contribution is -2.57. The summed E-state index contributed by atoms with van der Waals surface area (Å²) in [6.07, 6.45) is 0. The zero-order valence-corrected chi connectivity index (χ0v) is 45.9. The van der Waals surface area contributed by atoms with Gasteiger partial charge in [0.1, 0.15) is 215 Å². The number of benzene rings is 10. The molecule has 52 radical (unpaired) electrons. The topological polar surface area (TPSA) is 16.4 Å². The molecular weight excluding hydrogens is 1010 g/mol. The molecule has 28 heteroatoms. The van der Waals surface area contributed by atoms with Gasteiger partial charge < -0.3 is 9.32 Å². The summed E-state index contributed by atoms with van der Waals surface area (Å²) in [7, 11) is 176. The Morgan fingerprint density at radius 2 is 0.570 bits per heavy atom. The zero-order chi connectivity index (χ0) is 62.5. The van der Waals surface area contributed by atoms with Gasteiger partial charge >= 0.3 is 0 Å². The molecule has 334 valence electrons. The minimum Gasteiger partial charge on any atom is -0.455 e. The lowest BCUT2D eigenvalue weighted by molar-refractivity contribution is 0.673. The maximum atomic E-state index is 7.27. The Labute approximate surface area is 535 Å². The minimum atomic E-state index is -0.230. The standard InChI is InChI=1S/C58H13B26NO/c59-30-22(26-38(67)46(75)50(79)47(76)39(26)68)31(60)35(64)24(34(30)63)28-42(71)52(81)56(53(82)43(28)72)85(16-7-3-6-15(13-16)17-9-4-10-20-21(17)19-12-11-14-5-1-2-8-18(14)58(19)86-20)57-54(83)44(73)29(45(74)55(57)84)25-36(65)32(61)23(33(62)37(25)66)27-40(69)48(77)51(80)49(78)41(27)70/h1-13H. The highest BCUT2D eigenvalue weighted by Crippen LogP contribution is 2.41. The minimum absolute atomic E-state index is 0.00801. The van der Waals surface area contributed by atoms with Crippen LogP contribution in [0.4, 0.5) is 17.1 Å². The number of anilines is 3. The maximum absolute atomic E-state index is 7.27. The number of hydrogen-bond acceptors (Lipinski definition) is 2. The molecule has 11 aromatic rings. The van der Waals surface area contributed by atoms with Gasteiger partial charge in [0.2, 0.25) is 0 Å². The molecule has 1 aromatic heterocycles. The summed E-state index contributed by atoms with van der Waals surface area (Å²) in [5.74, 6) is 0. The SMILES string of the molecule is [B]c1c([B])c([B])c(-c2c([B])c([B])c(-c3c([B])c([B])c(N(c4cccc(-c5cccc6oc7c8ccccc8ccc7c56)c4)c4c([B])c([B])c(-c5c([B])c([B])c(-c6c([B])c([B])c([B])c([B])c6[B])c([B])c5[B])c([B])c4[B])c([B])c3[B])c([B])c2[B])c([B])c1[B]. The van der Waals surface area contributed by atoms with Gasteiger partial charge in [0.25, 0.3) is 0 Å². The van der Waals surface area contributed by atoms with E-state index in [1.165, 1.54) is 4.90 Å². The quantitative estimate of drug-likeness (QED) is 0.141. The number of hydrogen-bond donors (Lipinski definition) is 0. The second-order valence-corrected chi connectivity index (χ2v) is 20.8. The van der Waals surface area contributed by atoms with Crippen LogP contribution in [0, 0.1) is 0 Å². The molecule has 0 N–H and O–H groups in total. The van der Waals surface area contributed by atoms with Gasteiger partial charge in [0, 0.05) is 33.2 Å². The first-order valence-corrected chi connectivity index (χ1v) is 25.9. The molecule has 10 aromatic carbocycles. The molecule has 0 fully saturated rings. The van der Waals surface area contributed by atoms with Crippen LogP contribution in [0.15, 0.2) is 83.3 Å². The third-order valence-corrected chi connectivity index (χ3v) is 16.2. The molecule has 0 saturated heterocycles. The molecule has 0 saturated carbocycles. The van der Waals surface area contributed by atoms with E-state index in [2.05, 4.69) is 0 Å². The highest BCUT2D eigenvalue weighted by molar-refractivity contribution is 6.75. The molecule has 0 aliphatic heterocycles. The van der Waals surface area contributed by atoms with Crippen molar-refractivity contribution in [2.24, 2.45) is 0 Å². The van der Waals surface area contributed by atoms with Gasteiger partial charge in [-0.15, -0.1) is 32.8 Å². The Balaban J connectivity index is 1.17. The highest BCUT2D eigenvalue weighted by atomic mass is 16.3. The Kier molecular flexibility index (Phi) is 16.0. The average Bonchev–Trinajstić information content (AvgIpc) is 1.18. The van der Waals surface area contributed by atoms with Crippen LogP contribution in [-0.4, -0.2) is 204 Å². The van der Waals surface area contributed by atoms with E-state index in [0.717, 1.165) is 27.1 Å². The smallest absolute Gasteiger partial charge is 0.143 e. The van der Waals surface area contributed by atoms with Crippen LogP contribution in [0.3, 0.4) is 0 Å². The summed E-state index contributed by atoms with van der Waals surface area (Å²) in [4.78, 5) is 1.49. The number of nitrogens with zero attached hydrogens (tertiary/aromatic N) is 1. The fraction of sp³-hybridized carbons (Fsp3) is 0. The van der Waals surface area contributed by atoms with Gasteiger partial charge in [0.05, 0.1) is 0 Å². The second-order valence-electron chi connectivity index (χ2n) is 20.8. The van der Waals surface area contributed by atoms with E-state index in [4.69, 9.17) is 208 Å². The number of fused-ring (bicyclic) bond motifs is 5. The van der Waals surface area contributed by atoms with Gasteiger partial charge in [-0.1, -0.05) is 164 Å². The van der Waals surface area contributed by atoms with Gasteiger partial charge in [-0.3, -0.25) is 0 Å².